The van der Waals surface area contributed by atoms with Crippen molar-refractivity contribution in [2.24, 2.45) is 0 Å². The van der Waals surface area contributed by atoms with Crippen molar-refractivity contribution in [1.29, 1.82) is 0 Å². The van der Waals surface area contributed by atoms with E-state index in [0.29, 0.717) is 32.7 Å². The van der Waals surface area contributed by atoms with E-state index in [-0.39, 0.29) is 12.1 Å². The first-order valence-corrected chi connectivity index (χ1v) is 8.62. The first kappa shape index (κ1) is 17.2. The maximum absolute atomic E-state index is 11.5. The van der Waals surface area contributed by atoms with Crippen molar-refractivity contribution in [2.75, 3.05) is 53.1 Å². The van der Waals surface area contributed by atoms with Gasteiger partial charge in [0.05, 0.1) is 13.4 Å². The van der Waals surface area contributed by atoms with Crippen LogP contribution in [-0.2, 0) is 14.8 Å². The summed E-state index contributed by atoms with van der Waals surface area (Å²) in [6, 6.07) is 0.209. The van der Waals surface area contributed by atoms with Crippen molar-refractivity contribution in [3.05, 3.63) is 0 Å². The Morgan fingerprint density at radius 1 is 1.40 bits per heavy atom. The SMILES string of the molecule is CCN(CCN(C)[C@@H]1CCN(S(C)(=O)=O)C1)C(=O)OC. The number of sulfonamides is 1. The third-order valence-corrected chi connectivity index (χ3v) is 5.03. The van der Waals surface area contributed by atoms with E-state index >= 15 is 0 Å². The lowest BCUT2D eigenvalue weighted by molar-refractivity contribution is 0.118. The topological polar surface area (TPSA) is 70.2 Å². The van der Waals surface area contributed by atoms with Gasteiger partial charge in [0, 0.05) is 38.8 Å². The van der Waals surface area contributed by atoms with E-state index in [4.69, 9.17) is 4.74 Å². The van der Waals surface area contributed by atoms with E-state index in [1.807, 2.05) is 14.0 Å². The number of amides is 1. The fourth-order valence-electron chi connectivity index (χ4n) is 2.34. The lowest BCUT2D eigenvalue weighted by atomic mass is 10.2. The first-order valence-electron chi connectivity index (χ1n) is 6.77. The highest BCUT2D eigenvalue weighted by Crippen LogP contribution is 2.16. The fourth-order valence-corrected chi connectivity index (χ4v) is 3.22. The molecular weight excluding hydrogens is 282 g/mol. The van der Waals surface area contributed by atoms with E-state index in [1.165, 1.54) is 17.7 Å². The Balaban J connectivity index is 2.44. The van der Waals surface area contributed by atoms with Crippen molar-refractivity contribution < 1.29 is 17.9 Å². The normalized spacial score (nSPS) is 20.4. The van der Waals surface area contributed by atoms with Gasteiger partial charge in [-0.2, -0.15) is 0 Å². The van der Waals surface area contributed by atoms with E-state index in [9.17, 15) is 13.2 Å². The molecule has 0 N–H and O–H groups in total. The Morgan fingerprint density at radius 2 is 2.05 bits per heavy atom. The minimum atomic E-state index is -3.10. The van der Waals surface area contributed by atoms with Crippen molar-refractivity contribution >= 4 is 16.1 Å². The number of nitrogens with zero attached hydrogens (tertiary/aromatic N) is 3. The molecule has 1 amide bonds. The largest absolute Gasteiger partial charge is 0.453 e. The second-order valence-electron chi connectivity index (χ2n) is 5.09. The van der Waals surface area contributed by atoms with Crippen LogP contribution in [0.3, 0.4) is 0 Å². The van der Waals surface area contributed by atoms with Crippen LogP contribution in [0.4, 0.5) is 4.79 Å². The summed E-state index contributed by atoms with van der Waals surface area (Å²) < 4.78 is 29.2. The molecule has 0 aromatic heterocycles. The minimum absolute atomic E-state index is 0.209. The molecule has 0 spiro atoms. The van der Waals surface area contributed by atoms with Gasteiger partial charge in [-0.3, -0.25) is 0 Å². The molecule has 20 heavy (non-hydrogen) atoms. The van der Waals surface area contributed by atoms with Gasteiger partial charge in [0.1, 0.15) is 0 Å². The van der Waals surface area contributed by atoms with Gasteiger partial charge in [-0.1, -0.05) is 0 Å². The molecule has 8 heteroatoms. The summed E-state index contributed by atoms with van der Waals surface area (Å²) in [4.78, 5) is 15.2. The maximum Gasteiger partial charge on any atom is 0.409 e. The van der Waals surface area contributed by atoms with Crippen LogP contribution in [0.15, 0.2) is 0 Å². The van der Waals surface area contributed by atoms with Gasteiger partial charge in [-0.15, -0.1) is 0 Å². The molecule has 0 radical (unpaired) electrons. The molecule has 1 fully saturated rings. The van der Waals surface area contributed by atoms with Gasteiger partial charge >= 0.3 is 6.09 Å². The Bertz CT molecular complexity index is 426. The van der Waals surface area contributed by atoms with Gasteiger partial charge in [0.2, 0.25) is 10.0 Å². The monoisotopic (exact) mass is 307 g/mol. The van der Waals surface area contributed by atoms with Crippen LogP contribution < -0.4 is 0 Å². The van der Waals surface area contributed by atoms with E-state index in [0.717, 1.165) is 6.42 Å². The van der Waals surface area contributed by atoms with Gasteiger partial charge in [0.25, 0.3) is 0 Å². The van der Waals surface area contributed by atoms with Gasteiger partial charge in [0.15, 0.2) is 0 Å². The van der Waals surface area contributed by atoms with E-state index < -0.39 is 10.0 Å². The lowest BCUT2D eigenvalue weighted by Gasteiger charge is -2.27. The lowest BCUT2D eigenvalue weighted by Crippen LogP contribution is -2.42. The Labute approximate surface area is 121 Å². The van der Waals surface area contributed by atoms with Crippen LogP contribution in [0.1, 0.15) is 13.3 Å². The standard InChI is InChI=1S/C12H25N3O4S/c1-5-14(12(16)19-3)9-8-13(2)11-6-7-15(10-11)20(4,17)18/h11H,5-10H2,1-4H3/t11-/m1/s1. The highest BCUT2D eigenvalue weighted by atomic mass is 32.2. The number of likely N-dealkylation sites (N-methyl/N-ethyl adjacent to an activating group) is 2. The molecule has 0 aromatic rings. The maximum atomic E-state index is 11.5. The summed E-state index contributed by atoms with van der Waals surface area (Å²) in [6.07, 6.45) is 1.74. The van der Waals surface area contributed by atoms with Crippen LogP contribution in [0.2, 0.25) is 0 Å². The minimum Gasteiger partial charge on any atom is -0.453 e. The molecular formula is C12H25N3O4S. The molecule has 0 unspecified atom stereocenters. The predicted octanol–water partition coefficient (Wildman–Crippen LogP) is 0.0404. The molecule has 1 rings (SSSR count). The first-order chi connectivity index (χ1) is 9.29. The second kappa shape index (κ2) is 7.24. The molecule has 7 nitrogen and oxygen atoms in total. The Hall–Kier alpha value is -0.860. The molecule has 118 valence electrons. The molecule has 1 aliphatic rings. The third-order valence-electron chi connectivity index (χ3n) is 3.76. The molecule has 1 aliphatic heterocycles. The van der Waals surface area contributed by atoms with Crippen LogP contribution in [0.25, 0.3) is 0 Å². The van der Waals surface area contributed by atoms with Crippen molar-refractivity contribution in [3.63, 3.8) is 0 Å². The molecule has 0 saturated carbocycles. The van der Waals surface area contributed by atoms with Crippen LogP contribution >= 0.6 is 0 Å². The summed E-state index contributed by atoms with van der Waals surface area (Å²) in [5.74, 6) is 0. The Morgan fingerprint density at radius 3 is 2.50 bits per heavy atom. The Kier molecular flexibility index (Phi) is 6.22. The van der Waals surface area contributed by atoms with Gasteiger partial charge in [-0.05, 0) is 20.4 Å². The highest BCUT2D eigenvalue weighted by Gasteiger charge is 2.30. The zero-order chi connectivity index (χ0) is 15.3. The van der Waals surface area contributed by atoms with Crippen molar-refractivity contribution in [2.45, 2.75) is 19.4 Å². The predicted molar refractivity (Wildman–Crippen MR) is 77.1 cm³/mol. The summed E-state index contributed by atoms with van der Waals surface area (Å²) in [5, 5.41) is 0. The average Bonchev–Trinajstić information content (AvgIpc) is 2.88. The fraction of sp³-hybridized carbons (Fsp3) is 0.917. The highest BCUT2D eigenvalue weighted by molar-refractivity contribution is 7.88. The van der Waals surface area contributed by atoms with Crippen molar-refractivity contribution in [3.8, 4) is 0 Å². The number of rotatable bonds is 6. The molecule has 1 saturated heterocycles. The number of ether oxygens (including phenoxy) is 1. The molecule has 0 aromatic carbocycles. The van der Waals surface area contributed by atoms with Crippen LogP contribution in [-0.4, -0.2) is 87.8 Å². The second-order valence-corrected chi connectivity index (χ2v) is 7.08. The van der Waals surface area contributed by atoms with E-state index in [1.54, 1.807) is 4.90 Å². The number of carbonyl (C=O) groups excluding carboxylic acids is 1. The summed E-state index contributed by atoms with van der Waals surface area (Å²) in [5.41, 5.74) is 0. The smallest absolute Gasteiger partial charge is 0.409 e. The number of methoxy groups -OCH3 is 1. The molecule has 0 aliphatic carbocycles. The molecule has 1 heterocycles. The summed E-state index contributed by atoms with van der Waals surface area (Å²) in [7, 11) is 0.230. The van der Waals surface area contributed by atoms with Crippen molar-refractivity contribution in [1.82, 2.24) is 14.1 Å². The average molecular weight is 307 g/mol. The summed E-state index contributed by atoms with van der Waals surface area (Å²) in [6.45, 7) is 4.88. The zero-order valence-electron chi connectivity index (χ0n) is 12.7. The van der Waals surface area contributed by atoms with E-state index in [2.05, 4.69) is 4.90 Å². The van der Waals surface area contributed by atoms with Crippen LogP contribution in [0, 0.1) is 0 Å². The molecule has 0 bridgehead atoms. The van der Waals surface area contributed by atoms with Gasteiger partial charge in [-0.25, -0.2) is 17.5 Å². The van der Waals surface area contributed by atoms with Crippen LogP contribution in [0.5, 0.6) is 0 Å². The summed E-state index contributed by atoms with van der Waals surface area (Å²) >= 11 is 0. The number of carbonyl (C=O) groups is 1. The number of hydrogen-bond acceptors (Lipinski definition) is 5. The molecule has 1 atom stereocenters. The third kappa shape index (κ3) is 4.60. The number of hydrogen-bond donors (Lipinski definition) is 0. The zero-order valence-corrected chi connectivity index (χ0v) is 13.5. The van der Waals surface area contributed by atoms with Gasteiger partial charge < -0.3 is 14.5 Å². The quantitative estimate of drug-likeness (QED) is 0.693.